The second-order valence-electron chi connectivity index (χ2n) is 7.29. The fourth-order valence-corrected chi connectivity index (χ4v) is 5.15. The molecule has 0 unspecified atom stereocenters. The predicted molar refractivity (Wildman–Crippen MR) is 121 cm³/mol. The molecule has 1 aliphatic heterocycles. The lowest BCUT2D eigenvalue weighted by molar-refractivity contribution is -0.127. The molecule has 4 rings (SSSR count). The van der Waals surface area contributed by atoms with Crippen molar-refractivity contribution in [1.29, 1.82) is 0 Å². The zero-order chi connectivity index (χ0) is 21.8. The molecule has 1 fully saturated rings. The van der Waals surface area contributed by atoms with E-state index in [1.54, 1.807) is 11.8 Å². The summed E-state index contributed by atoms with van der Waals surface area (Å²) in [6.07, 6.45) is 1.13. The summed E-state index contributed by atoms with van der Waals surface area (Å²) in [7, 11) is 0. The average molecular weight is 455 g/mol. The summed E-state index contributed by atoms with van der Waals surface area (Å²) in [6, 6.07) is 13.3. The molecule has 0 bridgehead atoms. The Labute approximate surface area is 188 Å². The molecule has 3 aromatic rings. The molecule has 0 saturated carbocycles. The van der Waals surface area contributed by atoms with Crippen LogP contribution in [0.25, 0.3) is 10.6 Å². The molecule has 31 heavy (non-hydrogen) atoms. The number of piperidine rings is 1. The monoisotopic (exact) mass is 454 g/mol. The van der Waals surface area contributed by atoms with Crippen LogP contribution < -0.4 is 10.9 Å². The van der Waals surface area contributed by atoms with E-state index < -0.39 is 0 Å². The van der Waals surface area contributed by atoms with Crippen molar-refractivity contribution in [2.45, 2.75) is 19.8 Å². The number of nitrogens with one attached hydrogen (secondary N) is 2. The number of carbonyl (C=O) groups is 3. The standard InChI is InChI=1S/C22H22N4O3S2/c1-14-18(31-21(23-14)16-6-3-2-4-7-16)20(28)25-24-19(27)15-9-11-26(12-10-15)22(29)17-8-5-13-30-17/h2-8,13,15H,9-12H2,1H3,(H,24,27)(H,25,28). The van der Waals surface area contributed by atoms with Crippen LogP contribution in [-0.2, 0) is 4.79 Å². The van der Waals surface area contributed by atoms with E-state index in [0.29, 0.717) is 41.4 Å². The Kier molecular flexibility index (Phi) is 6.43. The van der Waals surface area contributed by atoms with E-state index in [4.69, 9.17) is 0 Å². The molecule has 3 amide bonds. The smallest absolute Gasteiger partial charge is 0.281 e. The zero-order valence-electron chi connectivity index (χ0n) is 17.0. The Hall–Kier alpha value is -3.04. The van der Waals surface area contributed by atoms with Gasteiger partial charge in [0.1, 0.15) is 9.88 Å². The molecule has 1 aliphatic rings. The van der Waals surface area contributed by atoms with E-state index in [0.717, 1.165) is 10.6 Å². The molecule has 1 saturated heterocycles. The summed E-state index contributed by atoms with van der Waals surface area (Å²) in [6.45, 7) is 2.83. The predicted octanol–water partition coefficient (Wildman–Crippen LogP) is 3.49. The van der Waals surface area contributed by atoms with Crippen molar-refractivity contribution in [1.82, 2.24) is 20.7 Å². The van der Waals surface area contributed by atoms with E-state index >= 15 is 0 Å². The molecule has 0 radical (unpaired) electrons. The minimum absolute atomic E-state index is 0.0112. The van der Waals surface area contributed by atoms with Gasteiger partial charge in [-0.05, 0) is 31.2 Å². The minimum Gasteiger partial charge on any atom is -0.338 e. The van der Waals surface area contributed by atoms with Crippen molar-refractivity contribution in [3.8, 4) is 10.6 Å². The van der Waals surface area contributed by atoms with Gasteiger partial charge in [-0.1, -0.05) is 36.4 Å². The molecule has 1 aromatic carbocycles. The van der Waals surface area contributed by atoms with Gasteiger partial charge >= 0.3 is 0 Å². The Balaban J connectivity index is 1.29. The van der Waals surface area contributed by atoms with Crippen LogP contribution >= 0.6 is 22.7 Å². The van der Waals surface area contributed by atoms with Crippen LogP contribution in [0.5, 0.6) is 0 Å². The Morgan fingerprint density at radius 1 is 1.03 bits per heavy atom. The normalized spacial score (nSPS) is 14.3. The van der Waals surface area contributed by atoms with Gasteiger partial charge < -0.3 is 4.90 Å². The van der Waals surface area contributed by atoms with Gasteiger partial charge in [-0.2, -0.15) is 0 Å². The lowest BCUT2D eigenvalue weighted by atomic mass is 9.96. The summed E-state index contributed by atoms with van der Waals surface area (Å²) in [5.74, 6) is -0.843. The topological polar surface area (TPSA) is 91.4 Å². The molecule has 3 heterocycles. The summed E-state index contributed by atoms with van der Waals surface area (Å²) in [5, 5.41) is 2.64. The maximum atomic E-state index is 12.6. The van der Waals surface area contributed by atoms with Crippen LogP contribution in [0.3, 0.4) is 0 Å². The largest absolute Gasteiger partial charge is 0.338 e. The molecule has 2 N–H and O–H groups in total. The average Bonchev–Trinajstić information content (AvgIpc) is 3.48. The van der Waals surface area contributed by atoms with E-state index in [9.17, 15) is 14.4 Å². The number of hydrogen-bond donors (Lipinski definition) is 2. The molecule has 9 heteroatoms. The maximum Gasteiger partial charge on any atom is 0.281 e. The number of benzene rings is 1. The lowest BCUT2D eigenvalue weighted by Crippen LogP contribution is -2.48. The number of aryl methyl sites for hydroxylation is 1. The number of aromatic nitrogens is 1. The number of thiophene rings is 1. The van der Waals surface area contributed by atoms with Crippen molar-refractivity contribution in [2.24, 2.45) is 5.92 Å². The Morgan fingerprint density at radius 3 is 2.45 bits per heavy atom. The number of rotatable bonds is 4. The van der Waals surface area contributed by atoms with Crippen LogP contribution in [0.15, 0.2) is 47.8 Å². The van der Waals surface area contributed by atoms with E-state index in [1.165, 1.54) is 22.7 Å². The summed E-state index contributed by atoms with van der Waals surface area (Å²) < 4.78 is 0. The van der Waals surface area contributed by atoms with Gasteiger partial charge in [-0.3, -0.25) is 25.2 Å². The first-order chi connectivity index (χ1) is 15.0. The maximum absolute atomic E-state index is 12.6. The molecule has 2 aromatic heterocycles. The van der Waals surface area contributed by atoms with Crippen LogP contribution in [0, 0.1) is 12.8 Å². The summed E-state index contributed by atoms with van der Waals surface area (Å²) in [4.78, 5) is 44.9. The molecule has 0 spiro atoms. The second kappa shape index (κ2) is 9.40. The quantitative estimate of drug-likeness (QED) is 0.591. The highest BCUT2D eigenvalue weighted by Crippen LogP contribution is 2.27. The SMILES string of the molecule is Cc1nc(-c2ccccc2)sc1C(=O)NNC(=O)C1CCN(C(=O)c2cccs2)CC1. The van der Waals surface area contributed by atoms with Crippen LogP contribution in [0.2, 0.25) is 0 Å². The molecule has 160 valence electrons. The van der Waals surface area contributed by atoms with Crippen molar-refractivity contribution in [2.75, 3.05) is 13.1 Å². The van der Waals surface area contributed by atoms with Crippen molar-refractivity contribution in [3.63, 3.8) is 0 Å². The highest BCUT2D eigenvalue weighted by Gasteiger charge is 2.28. The second-order valence-corrected chi connectivity index (χ2v) is 9.23. The number of hydrogen-bond acceptors (Lipinski definition) is 6. The number of thiazole rings is 1. The minimum atomic E-state index is -0.379. The lowest BCUT2D eigenvalue weighted by Gasteiger charge is -2.31. The fraction of sp³-hybridized carbons (Fsp3) is 0.273. The summed E-state index contributed by atoms with van der Waals surface area (Å²) in [5.41, 5.74) is 6.62. The highest BCUT2D eigenvalue weighted by molar-refractivity contribution is 7.17. The van der Waals surface area contributed by atoms with Gasteiger partial charge in [-0.15, -0.1) is 22.7 Å². The number of nitrogens with zero attached hydrogens (tertiary/aromatic N) is 2. The molecular weight excluding hydrogens is 432 g/mol. The zero-order valence-corrected chi connectivity index (χ0v) is 18.6. The van der Waals surface area contributed by atoms with Crippen molar-refractivity contribution in [3.05, 3.63) is 63.3 Å². The van der Waals surface area contributed by atoms with Gasteiger partial charge in [-0.25, -0.2) is 4.98 Å². The molecule has 0 aliphatic carbocycles. The van der Waals surface area contributed by atoms with E-state index in [-0.39, 0.29) is 23.6 Å². The number of amides is 3. The van der Waals surface area contributed by atoms with Gasteiger partial charge in [0.05, 0.1) is 10.6 Å². The Bertz CT molecular complexity index is 1070. The number of hydrazine groups is 1. The third kappa shape index (κ3) is 4.83. The van der Waals surface area contributed by atoms with Gasteiger partial charge in [0, 0.05) is 24.6 Å². The van der Waals surface area contributed by atoms with Crippen LogP contribution in [-0.4, -0.2) is 40.7 Å². The van der Waals surface area contributed by atoms with Crippen LogP contribution in [0.4, 0.5) is 0 Å². The van der Waals surface area contributed by atoms with E-state index in [1.807, 2.05) is 47.8 Å². The Morgan fingerprint density at radius 2 is 1.77 bits per heavy atom. The highest BCUT2D eigenvalue weighted by atomic mass is 32.1. The number of likely N-dealkylation sites (tertiary alicyclic amines) is 1. The van der Waals surface area contributed by atoms with Gasteiger partial charge in [0.15, 0.2) is 0 Å². The fourth-order valence-electron chi connectivity index (χ4n) is 3.49. The molecule has 7 nitrogen and oxygen atoms in total. The third-order valence-corrected chi connectivity index (χ3v) is 7.27. The first-order valence-electron chi connectivity index (χ1n) is 9.98. The van der Waals surface area contributed by atoms with Crippen molar-refractivity contribution >= 4 is 40.4 Å². The van der Waals surface area contributed by atoms with Gasteiger partial charge in [0.2, 0.25) is 5.91 Å². The molecule has 0 atom stereocenters. The summed E-state index contributed by atoms with van der Waals surface area (Å²) >= 11 is 2.71. The first kappa shape index (κ1) is 21.2. The number of carbonyl (C=O) groups excluding carboxylic acids is 3. The third-order valence-electron chi connectivity index (χ3n) is 5.21. The van der Waals surface area contributed by atoms with E-state index in [2.05, 4.69) is 15.8 Å². The van der Waals surface area contributed by atoms with Crippen molar-refractivity contribution < 1.29 is 14.4 Å². The molecular formula is C22H22N4O3S2. The van der Waals surface area contributed by atoms with Crippen LogP contribution in [0.1, 0.15) is 37.9 Å². The van der Waals surface area contributed by atoms with Gasteiger partial charge in [0.25, 0.3) is 11.8 Å². The first-order valence-corrected chi connectivity index (χ1v) is 11.7.